The second-order valence-electron chi connectivity index (χ2n) is 5.79. The van der Waals surface area contributed by atoms with Crippen molar-refractivity contribution in [2.45, 2.75) is 39.5 Å². The molecule has 0 aliphatic heterocycles. The number of hydrogen-bond acceptors (Lipinski definition) is 4. The minimum absolute atomic E-state index is 0.0852. The predicted octanol–water partition coefficient (Wildman–Crippen LogP) is 2.86. The first-order chi connectivity index (χ1) is 9.34. The quantitative estimate of drug-likeness (QED) is 0.933. The van der Waals surface area contributed by atoms with Gasteiger partial charge in [0, 0.05) is 5.69 Å². The number of nitrogens with zero attached hydrogens (tertiary/aromatic N) is 2. The zero-order valence-electron chi connectivity index (χ0n) is 12.2. The van der Waals surface area contributed by atoms with Crippen molar-refractivity contribution in [1.82, 2.24) is 10.1 Å². The highest BCUT2D eigenvalue weighted by Crippen LogP contribution is 2.23. The maximum Gasteiger partial charge on any atom is 0.236 e. The molecule has 106 valence electrons. The molecule has 0 atom stereocenters. The smallest absolute Gasteiger partial charge is 0.236 e. The summed E-state index contributed by atoms with van der Waals surface area (Å²) in [5, 5.41) is 6.46. The first-order valence-electron chi connectivity index (χ1n) is 6.54. The Labute approximate surface area is 118 Å². The largest absolute Gasteiger partial charge is 0.339 e. The number of carbonyl (C=O) groups is 1. The van der Waals surface area contributed by atoms with Gasteiger partial charge in [0.1, 0.15) is 6.42 Å². The average Bonchev–Trinajstić information content (AvgIpc) is 2.74. The Morgan fingerprint density at radius 1 is 1.25 bits per heavy atom. The SMILES string of the molecule is Cc1noc(CC(=O)Nc2ccc(C(C)(C)C)cc2)n1. The molecule has 2 rings (SSSR count). The lowest BCUT2D eigenvalue weighted by atomic mass is 9.87. The van der Waals surface area contributed by atoms with Crippen LogP contribution in [0.1, 0.15) is 38.0 Å². The summed E-state index contributed by atoms with van der Waals surface area (Å²) in [5.74, 6) is 0.686. The van der Waals surface area contributed by atoms with E-state index in [2.05, 4.69) is 36.2 Å². The fourth-order valence-corrected chi connectivity index (χ4v) is 1.81. The number of nitrogens with one attached hydrogen (secondary N) is 1. The normalized spacial score (nSPS) is 11.4. The molecule has 1 heterocycles. The summed E-state index contributed by atoms with van der Waals surface area (Å²) >= 11 is 0. The molecule has 0 bridgehead atoms. The Morgan fingerprint density at radius 3 is 2.40 bits per heavy atom. The fourth-order valence-electron chi connectivity index (χ4n) is 1.81. The summed E-state index contributed by atoms with van der Waals surface area (Å²) in [7, 11) is 0. The van der Waals surface area contributed by atoms with Crippen molar-refractivity contribution in [3.8, 4) is 0 Å². The van der Waals surface area contributed by atoms with Crippen LogP contribution in [0.15, 0.2) is 28.8 Å². The van der Waals surface area contributed by atoms with Gasteiger partial charge in [0.2, 0.25) is 11.8 Å². The van der Waals surface area contributed by atoms with Crippen LogP contribution >= 0.6 is 0 Å². The Morgan fingerprint density at radius 2 is 1.90 bits per heavy atom. The lowest BCUT2D eigenvalue weighted by molar-refractivity contribution is -0.115. The summed E-state index contributed by atoms with van der Waals surface area (Å²) in [6.07, 6.45) is 0.0852. The van der Waals surface area contributed by atoms with Gasteiger partial charge in [-0.05, 0) is 30.0 Å². The third kappa shape index (κ3) is 3.66. The second-order valence-corrected chi connectivity index (χ2v) is 5.79. The van der Waals surface area contributed by atoms with Crippen molar-refractivity contribution in [1.29, 1.82) is 0 Å². The molecule has 0 aliphatic carbocycles. The van der Waals surface area contributed by atoms with Crippen LogP contribution < -0.4 is 5.32 Å². The monoisotopic (exact) mass is 273 g/mol. The molecule has 0 saturated carbocycles. The Bertz CT molecular complexity index is 594. The molecule has 20 heavy (non-hydrogen) atoms. The van der Waals surface area contributed by atoms with Crippen LogP contribution in [0, 0.1) is 6.92 Å². The summed E-state index contributed by atoms with van der Waals surface area (Å²) in [5.41, 5.74) is 2.09. The molecule has 1 aromatic carbocycles. The van der Waals surface area contributed by atoms with E-state index in [0.717, 1.165) is 5.69 Å². The maximum absolute atomic E-state index is 11.8. The van der Waals surface area contributed by atoms with E-state index in [0.29, 0.717) is 11.7 Å². The molecule has 1 N–H and O–H groups in total. The number of carbonyl (C=O) groups excluding carboxylic acids is 1. The van der Waals surface area contributed by atoms with Crippen molar-refractivity contribution in [3.05, 3.63) is 41.5 Å². The van der Waals surface area contributed by atoms with Crippen molar-refractivity contribution in [3.63, 3.8) is 0 Å². The van der Waals surface area contributed by atoms with Crippen molar-refractivity contribution in [2.24, 2.45) is 0 Å². The van der Waals surface area contributed by atoms with Crippen molar-refractivity contribution in [2.75, 3.05) is 5.32 Å². The molecule has 0 fully saturated rings. The zero-order chi connectivity index (χ0) is 14.8. The maximum atomic E-state index is 11.8. The molecule has 1 aromatic heterocycles. The van der Waals surface area contributed by atoms with Crippen molar-refractivity contribution < 1.29 is 9.32 Å². The molecule has 2 aromatic rings. The molecular formula is C15H19N3O2. The van der Waals surface area contributed by atoms with Gasteiger partial charge in [-0.2, -0.15) is 4.98 Å². The van der Waals surface area contributed by atoms with Crippen LogP contribution in [-0.4, -0.2) is 16.0 Å². The Hall–Kier alpha value is -2.17. The second kappa shape index (κ2) is 5.45. The fraction of sp³-hybridized carbons (Fsp3) is 0.400. The van der Waals surface area contributed by atoms with Crippen LogP contribution in [0.4, 0.5) is 5.69 Å². The average molecular weight is 273 g/mol. The van der Waals surface area contributed by atoms with E-state index in [4.69, 9.17) is 4.52 Å². The lowest BCUT2D eigenvalue weighted by Gasteiger charge is -2.19. The molecular weight excluding hydrogens is 254 g/mol. The summed E-state index contributed by atoms with van der Waals surface area (Å²) in [4.78, 5) is 15.8. The Balaban J connectivity index is 1.98. The topological polar surface area (TPSA) is 68.0 Å². The summed E-state index contributed by atoms with van der Waals surface area (Å²) in [6.45, 7) is 8.17. The van der Waals surface area contributed by atoms with Gasteiger partial charge in [0.25, 0.3) is 0 Å². The van der Waals surface area contributed by atoms with E-state index >= 15 is 0 Å². The molecule has 0 spiro atoms. The summed E-state index contributed by atoms with van der Waals surface area (Å²) in [6, 6.07) is 7.84. The van der Waals surface area contributed by atoms with E-state index in [-0.39, 0.29) is 17.7 Å². The minimum atomic E-state index is -0.169. The molecule has 0 saturated heterocycles. The number of amides is 1. The van der Waals surface area contributed by atoms with E-state index in [9.17, 15) is 4.79 Å². The highest BCUT2D eigenvalue weighted by Gasteiger charge is 2.14. The third-order valence-corrected chi connectivity index (χ3v) is 2.92. The van der Waals surface area contributed by atoms with E-state index < -0.39 is 0 Å². The van der Waals surface area contributed by atoms with Crippen LogP contribution in [0.25, 0.3) is 0 Å². The standard InChI is InChI=1S/C15H19N3O2/c1-10-16-14(20-18-10)9-13(19)17-12-7-5-11(6-8-12)15(2,3)4/h5-8H,9H2,1-4H3,(H,17,19). The number of aryl methyl sites for hydroxylation is 1. The Kier molecular flexibility index (Phi) is 3.88. The highest BCUT2D eigenvalue weighted by molar-refractivity contribution is 5.91. The summed E-state index contributed by atoms with van der Waals surface area (Å²) < 4.78 is 4.91. The van der Waals surface area contributed by atoms with Crippen LogP contribution in [0.3, 0.4) is 0 Å². The molecule has 0 radical (unpaired) electrons. The molecule has 0 aliphatic rings. The van der Waals surface area contributed by atoms with Gasteiger partial charge in [0.05, 0.1) is 0 Å². The number of hydrogen-bond donors (Lipinski definition) is 1. The van der Waals surface area contributed by atoms with E-state index in [1.807, 2.05) is 24.3 Å². The van der Waals surface area contributed by atoms with Crippen LogP contribution in [-0.2, 0) is 16.6 Å². The predicted molar refractivity (Wildman–Crippen MR) is 76.5 cm³/mol. The molecule has 0 unspecified atom stereocenters. The lowest BCUT2D eigenvalue weighted by Crippen LogP contribution is -2.15. The van der Waals surface area contributed by atoms with Gasteiger partial charge in [-0.3, -0.25) is 4.79 Å². The minimum Gasteiger partial charge on any atom is -0.339 e. The van der Waals surface area contributed by atoms with Gasteiger partial charge in [-0.25, -0.2) is 0 Å². The van der Waals surface area contributed by atoms with Gasteiger partial charge in [-0.15, -0.1) is 0 Å². The zero-order valence-corrected chi connectivity index (χ0v) is 12.2. The molecule has 5 heteroatoms. The number of anilines is 1. The third-order valence-electron chi connectivity index (χ3n) is 2.92. The van der Waals surface area contributed by atoms with E-state index in [1.54, 1.807) is 6.92 Å². The molecule has 5 nitrogen and oxygen atoms in total. The first-order valence-corrected chi connectivity index (χ1v) is 6.54. The first kappa shape index (κ1) is 14.2. The number of aromatic nitrogens is 2. The van der Waals surface area contributed by atoms with Gasteiger partial charge in [0.15, 0.2) is 5.82 Å². The van der Waals surface area contributed by atoms with Gasteiger partial charge >= 0.3 is 0 Å². The highest BCUT2D eigenvalue weighted by atomic mass is 16.5. The molecule has 1 amide bonds. The van der Waals surface area contributed by atoms with Crippen molar-refractivity contribution >= 4 is 11.6 Å². The number of rotatable bonds is 3. The van der Waals surface area contributed by atoms with Crippen LogP contribution in [0.2, 0.25) is 0 Å². The van der Waals surface area contributed by atoms with Gasteiger partial charge in [-0.1, -0.05) is 38.1 Å². The van der Waals surface area contributed by atoms with Crippen LogP contribution in [0.5, 0.6) is 0 Å². The van der Waals surface area contributed by atoms with Gasteiger partial charge < -0.3 is 9.84 Å². The number of benzene rings is 1. The van der Waals surface area contributed by atoms with E-state index in [1.165, 1.54) is 5.56 Å².